The van der Waals surface area contributed by atoms with Crippen molar-refractivity contribution in [1.82, 2.24) is 4.98 Å². The highest BCUT2D eigenvalue weighted by Gasteiger charge is 2.33. The van der Waals surface area contributed by atoms with Crippen molar-refractivity contribution in [3.05, 3.63) is 59.8 Å². The number of cyclic esters (lactones) is 1. The fraction of sp³-hybridized carbons (Fsp3) is 0.227. The van der Waals surface area contributed by atoms with Crippen molar-refractivity contribution in [2.45, 2.75) is 20.0 Å². The summed E-state index contributed by atoms with van der Waals surface area (Å²) in [5, 5.41) is 16.0. The number of aromatic amines is 1. The number of rotatable bonds is 5. The number of aryl methyl sites for hydroxylation is 1. The lowest BCUT2D eigenvalue weighted by molar-refractivity contribution is -0.134. The monoisotopic (exact) mass is 424 g/mol. The first-order chi connectivity index (χ1) is 14.7. The van der Waals surface area contributed by atoms with Crippen LogP contribution in [0.4, 0.5) is 10.5 Å². The van der Waals surface area contributed by atoms with Crippen molar-refractivity contribution in [3.63, 3.8) is 0 Å². The van der Waals surface area contributed by atoms with E-state index in [0.29, 0.717) is 17.8 Å². The average molecular weight is 424 g/mol. The zero-order valence-corrected chi connectivity index (χ0v) is 17.2. The fourth-order valence-electron chi connectivity index (χ4n) is 3.24. The van der Waals surface area contributed by atoms with E-state index in [1.807, 2.05) is 31.2 Å². The largest absolute Gasteiger partial charge is 0.489 e. The van der Waals surface area contributed by atoms with Crippen molar-refractivity contribution in [1.29, 1.82) is 5.41 Å². The van der Waals surface area contributed by atoms with Crippen LogP contribution in [0.1, 0.15) is 18.2 Å². The number of ether oxygens (including phenoxy) is 2. The molecule has 5 N–H and O–H groups in total. The summed E-state index contributed by atoms with van der Waals surface area (Å²) < 4.78 is 11.4. The third-order valence-corrected chi connectivity index (χ3v) is 4.53. The number of carbonyl (C=O) groups excluding carboxylic acids is 1. The number of H-pyrrole nitrogens is 1. The molecule has 1 saturated heterocycles. The van der Waals surface area contributed by atoms with Gasteiger partial charge in [-0.3, -0.25) is 15.1 Å². The third-order valence-electron chi connectivity index (χ3n) is 4.53. The van der Waals surface area contributed by atoms with Crippen LogP contribution in [0, 0.1) is 12.3 Å². The van der Waals surface area contributed by atoms with Crippen molar-refractivity contribution in [3.8, 4) is 5.75 Å². The minimum atomic E-state index is -0.833. The fourth-order valence-corrected chi connectivity index (χ4v) is 3.24. The molecule has 0 bridgehead atoms. The van der Waals surface area contributed by atoms with Crippen LogP contribution in [0.25, 0.3) is 10.9 Å². The number of amidine groups is 1. The molecule has 9 nitrogen and oxygen atoms in total. The van der Waals surface area contributed by atoms with Gasteiger partial charge in [-0.1, -0.05) is 18.2 Å². The summed E-state index contributed by atoms with van der Waals surface area (Å²) in [5.41, 5.74) is 8.81. The van der Waals surface area contributed by atoms with E-state index in [9.17, 15) is 4.79 Å². The van der Waals surface area contributed by atoms with Gasteiger partial charge in [-0.2, -0.15) is 0 Å². The molecule has 0 aliphatic carbocycles. The molecular formula is C22H24N4O5. The number of nitrogens with one attached hydrogen (secondary N) is 2. The second kappa shape index (κ2) is 9.21. The highest BCUT2D eigenvalue weighted by molar-refractivity contribution is 5.97. The van der Waals surface area contributed by atoms with Gasteiger partial charge in [0.2, 0.25) is 0 Å². The summed E-state index contributed by atoms with van der Waals surface area (Å²) in [6.45, 7) is 3.72. The van der Waals surface area contributed by atoms with Gasteiger partial charge in [-0.05, 0) is 37.3 Å². The van der Waals surface area contributed by atoms with Gasteiger partial charge < -0.3 is 25.3 Å². The molecule has 1 aliphatic rings. The van der Waals surface area contributed by atoms with Crippen LogP contribution >= 0.6 is 0 Å². The number of aromatic nitrogens is 1. The SMILES string of the molecule is CC(=O)O.Cc1cc2c(OCC3CN(c4cccc(C(=N)N)c4)C(=O)O3)cccc2[nH]1. The first-order valence-corrected chi connectivity index (χ1v) is 9.58. The molecule has 3 aromatic rings. The molecule has 1 unspecified atom stereocenters. The van der Waals surface area contributed by atoms with Crippen molar-refractivity contribution >= 4 is 34.5 Å². The van der Waals surface area contributed by atoms with Gasteiger partial charge in [0.25, 0.3) is 5.97 Å². The Morgan fingerprint density at radius 1 is 1.32 bits per heavy atom. The first-order valence-electron chi connectivity index (χ1n) is 9.58. The van der Waals surface area contributed by atoms with E-state index in [-0.39, 0.29) is 18.5 Å². The van der Waals surface area contributed by atoms with Crippen LogP contribution in [0.15, 0.2) is 48.5 Å². The van der Waals surface area contributed by atoms with E-state index in [1.165, 1.54) is 4.90 Å². The maximum atomic E-state index is 12.3. The number of amides is 1. The number of fused-ring (bicyclic) bond motifs is 1. The van der Waals surface area contributed by atoms with Crippen molar-refractivity contribution in [2.24, 2.45) is 5.73 Å². The molecule has 0 radical (unpaired) electrons. The van der Waals surface area contributed by atoms with Gasteiger partial charge >= 0.3 is 6.09 Å². The predicted molar refractivity (Wildman–Crippen MR) is 117 cm³/mol. The van der Waals surface area contributed by atoms with E-state index in [2.05, 4.69) is 4.98 Å². The standard InChI is InChI=1S/C20H20N4O3.C2H4O2/c1-12-8-16-17(23-12)6-3-7-18(16)26-11-15-10-24(20(25)27-15)14-5-2-4-13(9-14)19(21)22;1-2(3)4/h2-9,15,23H,10-11H2,1H3,(H3,21,22);1H3,(H,3,4). The van der Waals surface area contributed by atoms with E-state index in [1.54, 1.807) is 24.3 Å². The molecule has 4 rings (SSSR count). The molecule has 1 aliphatic heterocycles. The number of carboxylic acid groups (broad SMARTS) is 1. The molecule has 1 atom stereocenters. The summed E-state index contributed by atoms with van der Waals surface area (Å²) in [4.78, 5) is 26.1. The maximum absolute atomic E-state index is 12.3. The van der Waals surface area contributed by atoms with Crippen molar-refractivity contribution in [2.75, 3.05) is 18.1 Å². The summed E-state index contributed by atoms with van der Waals surface area (Å²) in [5.74, 6) is -0.121. The molecule has 1 amide bonds. The van der Waals surface area contributed by atoms with E-state index in [0.717, 1.165) is 29.3 Å². The second-order valence-corrected chi connectivity index (χ2v) is 7.08. The summed E-state index contributed by atoms with van der Waals surface area (Å²) >= 11 is 0. The number of hydrogen-bond acceptors (Lipinski definition) is 5. The number of hydrogen-bond donors (Lipinski definition) is 4. The van der Waals surface area contributed by atoms with Crippen LogP contribution in [0.5, 0.6) is 5.75 Å². The Labute approximate surface area is 178 Å². The number of aliphatic carboxylic acids is 1. The topological polar surface area (TPSA) is 142 Å². The first kappa shape index (κ1) is 21.7. The Bertz CT molecular complexity index is 1120. The number of nitrogens with zero attached hydrogens (tertiary/aromatic N) is 1. The van der Waals surface area contributed by atoms with Gasteiger partial charge in [0.1, 0.15) is 18.2 Å². The number of nitrogens with two attached hydrogens (primary N) is 1. The highest BCUT2D eigenvalue weighted by atomic mass is 16.6. The summed E-state index contributed by atoms with van der Waals surface area (Å²) in [7, 11) is 0. The quantitative estimate of drug-likeness (QED) is 0.366. The zero-order chi connectivity index (χ0) is 22.5. The molecule has 2 heterocycles. The normalized spacial score (nSPS) is 15.2. The third kappa shape index (κ3) is 5.33. The number of carboxylic acids is 1. The van der Waals surface area contributed by atoms with Gasteiger partial charge in [0, 0.05) is 34.8 Å². The Morgan fingerprint density at radius 2 is 2.03 bits per heavy atom. The number of nitrogen functional groups attached to an aromatic ring is 1. The Kier molecular flexibility index (Phi) is 6.44. The lowest BCUT2D eigenvalue weighted by Gasteiger charge is -2.14. The Hall–Kier alpha value is -4.01. The molecule has 1 fully saturated rings. The minimum Gasteiger partial charge on any atom is -0.489 e. The Morgan fingerprint density at radius 3 is 2.74 bits per heavy atom. The summed E-state index contributed by atoms with van der Waals surface area (Å²) in [6.07, 6.45) is -0.811. The molecule has 1 aromatic heterocycles. The molecule has 0 spiro atoms. The van der Waals surface area contributed by atoms with Crippen LogP contribution in [0.3, 0.4) is 0 Å². The summed E-state index contributed by atoms with van der Waals surface area (Å²) in [6, 6.07) is 14.8. The van der Waals surface area contributed by atoms with Crippen LogP contribution in [0.2, 0.25) is 0 Å². The maximum Gasteiger partial charge on any atom is 0.414 e. The lowest BCUT2D eigenvalue weighted by Crippen LogP contribution is -2.27. The predicted octanol–water partition coefficient (Wildman–Crippen LogP) is 3.26. The molecule has 9 heteroatoms. The van der Waals surface area contributed by atoms with Gasteiger partial charge in [-0.25, -0.2) is 4.79 Å². The number of anilines is 1. The lowest BCUT2D eigenvalue weighted by atomic mass is 10.1. The molecule has 0 saturated carbocycles. The van der Waals surface area contributed by atoms with E-state index in [4.69, 9.17) is 30.5 Å². The zero-order valence-electron chi connectivity index (χ0n) is 17.2. The minimum absolute atomic E-state index is 0.0424. The highest BCUT2D eigenvalue weighted by Crippen LogP contribution is 2.28. The molecular weight excluding hydrogens is 400 g/mol. The van der Waals surface area contributed by atoms with Gasteiger partial charge in [0.05, 0.1) is 6.54 Å². The van der Waals surface area contributed by atoms with Gasteiger partial charge in [0.15, 0.2) is 6.10 Å². The smallest absolute Gasteiger partial charge is 0.414 e. The van der Waals surface area contributed by atoms with Crippen molar-refractivity contribution < 1.29 is 24.2 Å². The van der Waals surface area contributed by atoms with Crippen LogP contribution in [-0.4, -0.2) is 47.2 Å². The molecule has 2 aromatic carbocycles. The second-order valence-electron chi connectivity index (χ2n) is 7.08. The molecule has 31 heavy (non-hydrogen) atoms. The van der Waals surface area contributed by atoms with E-state index < -0.39 is 12.1 Å². The average Bonchev–Trinajstić information content (AvgIpc) is 3.27. The molecule has 162 valence electrons. The van der Waals surface area contributed by atoms with Crippen LogP contribution < -0.4 is 15.4 Å². The Balaban J connectivity index is 0.000000628. The van der Waals surface area contributed by atoms with Gasteiger partial charge in [-0.15, -0.1) is 0 Å². The number of carbonyl (C=O) groups is 2. The van der Waals surface area contributed by atoms with Crippen LogP contribution in [-0.2, 0) is 9.53 Å². The van der Waals surface area contributed by atoms with E-state index >= 15 is 0 Å². The number of benzene rings is 2.